The zero-order chi connectivity index (χ0) is 22.7. The van der Waals surface area contributed by atoms with Crippen molar-refractivity contribution in [3.8, 4) is 0 Å². The van der Waals surface area contributed by atoms with E-state index < -0.39 is 16.8 Å². The molecule has 5 rings (SSSR count). The summed E-state index contributed by atoms with van der Waals surface area (Å²) in [7, 11) is 0. The monoisotopic (exact) mass is 429 g/mol. The molecule has 1 heterocycles. The quantitative estimate of drug-likeness (QED) is 0.598. The van der Waals surface area contributed by atoms with Crippen molar-refractivity contribution in [2.45, 2.75) is 37.6 Å². The molecular weight excluding hydrogens is 405 g/mol. The van der Waals surface area contributed by atoms with Crippen LogP contribution in [0.3, 0.4) is 0 Å². The SMILES string of the molecule is CC(C)[C@@]1(c2ccc(F)cc2)C[C@@]12C(=O)N(Cc1cccc(C(=O)O)c1)c1ccccc12. The summed E-state index contributed by atoms with van der Waals surface area (Å²) in [5.74, 6) is -1.09. The van der Waals surface area contributed by atoms with E-state index in [0.29, 0.717) is 13.0 Å². The number of aromatic carboxylic acids is 1. The Bertz CT molecular complexity index is 1240. The van der Waals surface area contributed by atoms with E-state index in [1.54, 1.807) is 35.2 Å². The summed E-state index contributed by atoms with van der Waals surface area (Å²) in [5.41, 5.74) is 2.70. The minimum atomic E-state index is -0.992. The number of nitrogens with zero attached hydrogens (tertiary/aromatic N) is 1. The number of benzene rings is 3. The van der Waals surface area contributed by atoms with Crippen molar-refractivity contribution in [3.63, 3.8) is 0 Å². The Hall–Kier alpha value is -3.47. The van der Waals surface area contributed by atoms with Gasteiger partial charge in [-0.3, -0.25) is 4.79 Å². The number of amides is 1. The lowest BCUT2D eigenvalue weighted by Gasteiger charge is -2.27. The predicted octanol–water partition coefficient (Wildman–Crippen LogP) is 5.31. The van der Waals surface area contributed by atoms with E-state index in [1.807, 2.05) is 30.3 Å². The summed E-state index contributed by atoms with van der Waals surface area (Å²) in [5, 5.41) is 9.34. The summed E-state index contributed by atoms with van der Waals surface area (Å²) >= 11 is 0. The molecule has 1 fully saturated rings. The van der Waals surface area contributed by atoms with Gasteiger partial charge in [0.25, 0.3) is 0 Å². The van der Waals surface area contributed by atoms with Gasteiger partial charge in [-0.1, -0.05) is 56.3 Å². The van der Waals surface area contributed by atoms with Crippen LogP contribution in [0.2, 0.25) is 0 Å². The molecule has 1 N–H and O–H groups in total. The van der Waals surface area contributed by atoms with Gasteiger partial charge in [-0.05, 0) is 59.4 Å². The van der Waals surface area contributed by atoms with Crippen LogP contribution in [-0.4, -0.2) is 17.0 Å². The number of hydrogen-bond acceptors (Lipinski definition) is 2. The predicted molar refractivity (Wildman–Crippen MR) is 120 cm³/mol. The van der Waals surface area contributed by atoms with E-state index in [0.717, 1.165) is 22.4 Å². The molecule has 1 spiro atoms. The van der Waals surface area contributed by atoms with E-state index in [2.05, 4.69) is 13.8 Å². The summed E-state index contributed by atoms with van der Waals surface area (Å²) in [6, 6.07) is 21.1. The molecule has 0 bridgehead atoms. The number of carbonyl (C=O) groups is 2. The van der Waals surface area contributed by atoms with Crippen LogP contribution in [-0.2, 0) is 22.2 Å². The second kappa shape index (κ2) is 7.02. The molecule has 5 heteroatoms. The number of hydrogen-bond donors (Lipinski definition) is 1. The second-order valence-electron chi connectivity index (χ2n) is 9.13. The Morgan fingerprint density at radius 2 is 1.78 bits per heavy atom. The van der Waals surface area contributed by atoms with Crippen LogP contribution in [0.1, 0.15) is 47.3 Å². The average Bonchev–Trinajstić information content (AvgIpc) is 3.45. The highest BCUT2D eigenvalue weighted by atomic mass is 19.1. The zero-order valence-electron chi connectivity index (χ0n) is 18.0. The van der Waals surface area contributed by atoms with Gasteiger partial charge in [0.15, 0.2) is 0 Å². The number of fused-ring (bicyclic) bond motifs is 2. The number of rotatable bonds is 5. The van der Waals surface area contributed by atoms with Crippen molar-refractivity contribution in [2.24, 2.45) is 5.92 Å². The molecule has 32 heavy (non-hydrogen) atoms. The smallest absolute Gasteiger partial charge is 0.335 e. The molecule has 3 aromatic carbocycles. The average molecular weight is 429 g/mol. The van der Waals surface area contributed by atoms with Gasteiger partial charge in [0.1, 0.15) is 5.82 Å². The molecular formula is C27H24FNO3. The van der Waals surface area contributed by atoms with Crippen molar-refractivity contribution in [2.75, 3.05) is 4.90 Å². The maximum atomic E-state index is 14.1. The van der Waals surface area contributed by atoms with Gasteiger partial charge >= 0.3 is 5.97 Å². The largest absolute Gasteiger partial charge is 0.478 e. The van der Waals surface area contributed by atoms with Crippen LogP contribution >= 0.6 is 0 Å². The van der Waals surface area contributed by atoms with Gasteiger partial charge in [-0.25, -0.2) is 9.18 Å². The summed E-state index contributed by atoms with van der Waals surface area (Å²) in [6.45, 7) is 4.54. The van der Waals surface area contributed by atoms with Crippen LogP contribution in [0.4, 0.5) is 10.1 Å². The molecule has 2 atom stereocenters. The molecule has 1 saturated carbocycles. The minimum absolute atomic E-state index is 0.0254. The van der Waals surface area contributed by atoms with Gasteiger partial charge in [0.05, 0.1) is 17.5 Å². The standard InChI is InChI=1S/C27H24FNO3/c1-17(2)26(20-10-12-21(28)13-11-20)16-27(26)22-8-3-4-9-23(22)29(25(27)32)15-18-6-5-7-19(14-18)24(30)31/h3-14,17H,15-16H2,1-2H3,(H,30,31)/t26-,27-/m1/s1. The third-order valence-electron chi connectivity index (χ3n) is 7.31. The Labute approximate surface area is 186 Å². The highest BCUT2D eigenvalue weighted by Gasteiger charge is 2.77. The molecule has 3 aromatic rings. The van der Waals surface area contributed by atoms with Crippen molar-refractivity contribution in [1.82, 2.24) is 0 Å². The lowest BCUT2D eigenvalue weighted by atomic mass is 9.75. The normalized spacial score (nSPS) is 23.6. The summed E-state index contributed by atoms with van der Waals surface area (Å²) < 4.78 is 13.7. The Morgan fingerprint density at radius 3 is 2.47 bits per heavy atom. The Morgan fingerprint density at radius 1 is 1.06 bits per heavy atom. The molecule has 2 aliphatic rings. The van der Waals surface area contributed by atoms with Crippen molar-refractivity contribution in [3.05, 3.63) is 101 Å². The first-order valence-corrected chi connectivity index (χ1v) is 10.8. The molecule has 1 amide bonds. The molecule has 4 nitrogen and oxygen atoms in total. The van der Waals surface area contributed by atoms with Gasteiger partial charge < -0.3 is 10.0 Å². The van der Waals surface area contributed by atoms with Crippen LogP contribution < -0.4 is 4.90 Å². The molecule has 162 valence electrons. The third-order valence-corrected chi connectivity index (χ3v) is 7.31. The van der Waals surface area contributed by atoms with Crippen LogP contribution in [0.15, 0.2) is 72.8 Å². The highest BCUT2D eigenvalue weighted by molar-refractivity contribution is 6.12. The molecule has 0 saturated heterocycles. The first kappa shape index (κ1) is 20.4. The van der Waals surface area contributed by atoms with E-state index in [1.165, 1.54) is 12.1 Å². The van der Waals surface area contributed by atoms with Gasteiger partial charge in [0.2, 0.25) is 5.91 Å². The third kappa shape index (κ3) is 2.67. The van der Waals surface area contributed by atoms with Crippen molar-refractivity contribution >= 4 is 17.6 Å². The van der Waals surface area contributed by atoms with E-state index >= 15 is 0 Å². The first-order chi connectivity index (χ1) is 15.3. The fourth-order valence-electron chi connectivity index (χ4n) is 5.77. The van der Waals surface area contributed by atoms with E-state index in [-0.39, 0.29) is 23.2 Å². The number of carboxylic acid groups (broad SMARTS) is 1. The number of carbonyl (C=O) groups excluding carboxylic acids is 1. The van der Waals surface area contributed by atoms with Crippen LogP contribution in [0.5, 0.6) is 0 Å². The Balaban J connectivity index is 1.60. The highest BCUT2D eigenvalue weighted by Crippen LogP contribution is 2.73. The molecule has 1 aliphatic carbocycles. The zero-order valence-corrected chi connectivity index (χ0v) is 18.0. The fourth-order valence-corrected chi connectivity index (χ4v) is 5.77. The van der Waals surface area contributed by atoms with Gasteiger partial charge in [-0.15, -0.1) is 0 Å². The molecule has 1 aliphatic heterocycles. The van der Waals surface area contributed by atoms with Gasteiger partial charge in [-0.2, -0.15) is 0 Å². The van der Waals surface area contributed by atoms with Crippen molar-refractivity contribution < 1.29 is 19.1 Å². The molecule has 0 unspecified atom stereocenters. The van der Waals surface area contributed by atoms with Gasteiger partial charge in [0, 0.05) is 11.1 Å². The molecule has 0 radical (unpaired) electrons. The maximum absolute atomic E-state index is 14.1. The Kier molecular flexibility index (Phi) is 4.48. The first-order valence-electron chi connectivity index (χ1n) is 10.8. The van der Waals surface area contributed by atoms with Crippen molar-refractivity contribution in [1.29, 1.82) is 0 Å². The van der Waals surface area contributed by atoms with Crippen LogP contribution in [0.25, 0.3) is 0 Å². The van der Waals surface area contributed by atoms with E-state index in [4.69, 9.17) is 0 Å². The summed E-state index contributed by atoms with van der Waals surface area (Å²) in [6.07, 6.45) is 0.671. The second-order valence-corrected chi connectivity index (χ2v) is 9.13. The van der Waals surface area contributed by atoms with E-state index in [9.17, 15) is 19.1 Å². The van der Waals surface area contributed by atoms with Crippen LogP contribution in [0, 0.1) is 11.7 Å². The lowest BCUT2D eigenvalue weighted by molar-refractivity contribution is -0.121. The maximum Gasteiger partial charge on any atom is 0.335 e. The number of anilines is 1. The number of halogens is 1. The number of carboxylic acids is 1. The molecule has 0 aromatic heterocycles. The lowest BCUT2D eigenvalue weighted by Crippen LogP contribution is -2.38. The topological polar surface area (TPSA) is 57.6 Å². The summed E-state index contributed by atoms with van der Waals surface area (Å²) in [4.78, 5) is 27.2. The number of para-hydroxylation sites is 1. The minimum Gasteiger partial charge on any atom is -0.478 e. The fraction of sp³-hybridized carbons (Fsp3) is 0.259.